The highest BCUT2D eigenvalue weighted by molar-refractivity contribution is 5.93. The molecule has 2 unspecified atom stereocenters. The largest absolute Gasteiger partial charge is 0.465 e. The van der Waals surface area contributed by atoms with E-state index in [0.717, 1.165) is 21.9 Å². The standard InChI is InChI=1S/C40H51N5O7/c1-26(2)19-33(36(46)17-18-37(47)51-23-27(3)4)43-39(49)35(21-31-22-41-25-42-31)44-38(48)34(45-40(50)52-24-28-11-6-5-7-12-28)20-30-15-10-14-29-13-8-9-16-32(29)30/h5-16,22,25-27,33-36,46H,17-21,23-24H2,1-4H3,(H,41,42)(H,43,49)(H,44,48)(H,45,50)/t33?,34-,35+,36?/m1/s1. The zero-order valence-corrected chi connectivity index (χ0v) is 30.3. The summed E-state index contributed by atoms with van der Waals surface area (Å²) >= 11 is 0. The smallest absolute Gasteiger partial charge is 0.408 e. The fourth-order valence-corrected chi connectivity index (χ4v) is 5.80. The van der Waals surface area contributed by atoms with Crippen molar-refractivity contribution in [3.63, 3.8) is 0 Å². The van der Waals surface area contributed by atoms with E-state index in [0.29, 0.717) is 12.1 Å². The first-order valence-electron chi connectivity index (χ1n) is 17.8. The average molecular weight is 714 g/mol. The highest BCUT2D eigenvalue weighted by Gasteiger charge is 2.31. The third-order valence-electron chi connectivity index (χ3n) is 8.47. The highest BCUT2D eigenvalue weighted by atomic mass is 16.5. The van der Waals surface area contributed by atoms with Crippen molar-refractivity contribution in [1.82, 2.24) is 25.9 Å². The Bertz CT molecular complexity index is 1720. The number of amides is 3. The minimum absolute atomic E-state index is 0.00627. The van der Waals surface area contributed by atoms with Crippen LogP contribution in [0.15, 0.2) is 85.3 Å². The Morgan fingerprint density at radius 1 is 0.788 bits per heavy atom. The van der Waals surface area contributed by atoms with Gasteiger partial charge in [-0.2, -0.15) is 0 Å². The SMILES string of the molecule is CC(C)COC(=O)CCC(O)C(CC(C)C)NC(=O)[C@H](Cc1c[nH]cn1)NC(=O)[C@@H](Cc1cccc2ccccc12)NC(=O)OCc1ccccc1. The number of ether oxygens (including phenoxy) is 2. The Morgan fingerprint density at radius 2 is 1.48 bits per heavy atom. The topological polar surface area (TPSA) is 172 Å². The first-order valence-corrected chi connectivity index (χ1v) is 17.8. The predicted octanol–water partition coefficient (Wildman–Crippen LogP) is 5.00. The normalized spacial score (nSPS) is 13.6. The maximum Gasteiger partial charge on any atom is 0.408 e. The third-order valence-corrected chi connectivity index (χ3v) is 8.47. The second-order valence-electron chi connectivity index (χ2n) is 13.9. The van der Waals surface area contributed by atoms with Crippen molar-refractivity contribution >= 4 is 34.6 Å². The van der Waals surface area contributed by atoms with Gasteiger partial charge in [0, 0.05) is 25.5 Å². The number of imidazole rings is 1. The van der Waals surface area contributed by atoms with Crippen molar-refractivity contribution in [3.8, 4) is 0 Å². The molecule has 0 aliphatic rings. The van der Waals surface area contributed by atoms with E-state index in [1.54, 1.807) is 6.20 Å². The van der Waals surface area contributed by atoms with E-state index in [1.165, 1.54) is 6.33 Å². The first kappa shape index (κ1) is 39.6. The molecule has 3 aromatic carbocycles. The van der Waals surface area contributed by atoms with Crippen molar-refractivity contribution < 1.29 is 33.8 Å². The van der Waals surface area contributed by atoms with Gasteiger partial charge in [-0.3, -0.25) is 14.4 Å². The van der Waals surface area contributed by atoms with Crippen molar-refractivity contribution in [1.29, 1.82) is 0 Å². The summed E-state index contributed by atoms with van der Waals surface area (Å²) in [7, 11) is 0. The number of aromatic amines is 1. The number of alkyl carbamates (subject to hydrolysis) is 1. The quantitative estimate of drug-likeness (QED) is 0.0846. The summed E-state index contributed by atoms with van der Waals surface area (Å²) < 4.78 is 10.7. The number of hydrogen-bond donors (Lipinski definition) is 5. The van der Waals surface area contributed by atoms with Crippen LogP contribution in [0.25, 0.3) is 10.8 Å². The molecular formula is C40H51N5O7. The van der Waals surface area contributed by atoms with Crippen molar-refractivity contribution in [2.24, 2.45) is 11.8 Å². The molecule has 12 heteroatoms. The molecule has 0 saturated heterocycles. The lowest BCUT2D eigenvalue weighted by molar-refractivity contribution is -0.145. The zero-order valence-electron chi connectivity index (χ0n) is 30.3. The van der Waals surface area contributed by atoms with Crippen LogP contribution in [0.2, 0.25) is 0 Å². The third kappa shape index (κ3) is 12.8. The minimum atomic E-state index is -1.12. The Balaban J connectivity index is 1.53. The van der Waals surface area contributed by atoms with Crippen LogP contribution in [0.1, 0.15) is 63.8 Å². The lowest BCUT2D eigenvalue weighted by Crippen LogP contribution is -2.57. The number of rotatable bonds is 19. The number of aliphatic hydroxyl groups excluding tert-OH is 1. The van der Waals surface area contributed by atoms with Gasteiger partial charge in [-0.1, -0.05) is 100 Å². The van der Waals surface area contributed by atoms with Gasteiger partial charge in [-0.15, -0.1) is 0 Å². The Kier molecular flexibility index (Phi) is 15.2. The van der Waals surface area contributed by atoms with Gasteiger partial charge in [-0.25, -0.2) is 9.78 Å². The molecule has 52 heavy (non-hydrogen) atoms. The van der Waals surface area contributed by atoms with Crippen LogP contribution in [0.3, 0.4) is 0 Å². The second kappa shape index (κ2) is 20.0. The molecule has 0 aliphatic carbocycles. The van der Waals surface area contributed by atoms with Crippen LogP contribution in [0, 0.1) is 11.8 Å². The van der Waals surface area contributed by atoms with Gasteiger partial charge in [0.2, 0.25) is 11.8 Å². The first-order chi connectivity index (χ1) is 25.0. The maximum absolute atomic E-state index is 14.1. The molecule has 4 atom stereocenters. The fourth-order valence-electron chi connectivity index (χ4n) is 5.80. The number of aromatic nitrogens is 2. The van der Waals surface area contributed by atoms with E-state index in [2.05, 4.69) is 25.9 Å². The summed E-state index contributed by atoms with van der Waals surface area (Å²) in [5.74, 6) is -1.28. The summed E-state index contributed by atoms with van der Waals surface area (Å²) in [5, 5.41) is 21.5. The monoisotopic (exact) mass is 713 g/mol. The molecule has 5 N–H and O–H groups in total. The van der Waals surface area contributed by atoms with Gasteiger partial charge < -0.3 is 35.5 Å². The summed E-state index contributed by atoms with van der Waals surface area (Å²) in [4.78, 5) is 60.6. The summed E-state index contributed by atoms with van der Waals surface area (Å²) in [6.07, 6.45) is 1.94. The number of H-pyrrole nitrogens is 1. The Labute approximate surface area is 305 Å². The van der Waals surface area contributed by atoms with Crippen LogP contribution in [0.5, 0.6) is 0 Å². The van der Waals surface area contributed by atoms with Gasteiger partial charge in [-0.05, 0) is 46.6 Å². The summed E-state index contributed by atoms with van der Waals surface area (Å²) in [6.45, 7) is 8.10. The molecule has 12 nitrogen and oxygen atoms in total. The van der Waals surface area contributed by atoms with E-state index in [1.807, 2.05) is 100 Å². The van der Waals surface area contributed by atoms with Crippen LogP contribution in [-0.4, -0.2) is 69.8 Å². The summed E-state index contributed by atoms with van der Waals surface area (Å²) in [5.41, 5.74) is 2.13. The molecule has 4 aromatic rings. The molecule has 0 fully saturated rings. The second-order valence-corrected chi connectivity index (χ2v) is 13.9. The van der Waals surface area contributed by atoms with E-state index in [-0.39, 0.29) is 50.7 Å². The fraction of sp³-hybridized carbons (Fsp3) is 0.425. The molecule has 3 amide bonds. The molecule has 0 spiro atoms. The van der Waals surface area contributed by atoms with Gasteiger partial charge in [0.25, 0.3) is 0 Å². The van der Waals surface area contributed by atoms with Crippen LogP contribution < -0.4 is 16.0 Å². The number of carbonyl (C=O) groups excluding carboxylic acids is 4. The number of nitrogens with zero attached hydrogens (tertiary/aromatic N) is 1. The lowest BCUT2D eigenvalue weighted by atomic mass is 9.95. The number of hydrogen-bond acceptors (Lipinski definition) is 8. The van der Waals surface area contributed by atoms with Crippen LogP contribution in [-0.2, 0) is 43.3 Å². The van der Waals surface area contributed by atoms with Gasteiger partial charge in [0.1, 0.15) is 18.7 Å². The molecule has 0 bridgehead atoms. The van der Waals surface area contributed by atoms with Crippen LogP contribution in [0.4, 0.5) is 4.79 Å². The minimum Gasteiger partial charge on any atom is -0.465 e. The van der Waals surface area contributed by atoms with Gasteiger partial charge in [0.05, 0.1) is 30.8 Å². The molecule has 1 aromatic heterocycles. The average Bonchev–Trinajstić information content (AvgIpc) is 3.65. The Morgan fingerprint density at radius 3 is 2.19 bits per heavy atom. The lowest BCUT2D eigenvalue weighted by Gasteiger charge is -2.29. The van der Waals surface area contributed by atoms with Crippen molar-refractivity contribution in [2.75, 3.05) is 6.61 Å². The molecule has 0 saturated carbocycles. The molecule has 0 radical (unpaired) electrons. The van der Waals surface area contributed by atoms with E-state index < -0.39 is 48.1 Å². The molecule has 0 aliphatic heterocycles. The predicted molar refractivity (Wildman–Crippen MR) is 198 cm³/mol. The van der Waals surface area contributed by atoms with E-state index in [4.69, 9.17) is 9.47 Å². The van der Waals surface area contributed by atoms with Gasteiger partial charge in [0.15, 0.2) is 0 Å². The summed E-state index contributed by atoms with van der Waals surface area (Å²) in [6, 6.07) is 19.8. The molecule has 278 valence electrons. The number of nitrogens with one attached hydrogen (secondary N) is 4. The van der Waals surface area contributed by atoms with Gasteiger partial charge >= 0.3 is 12.1 Å². The van der Waals surface area contributed by atoms with E-state index in [9.17, 15) is 24.3 Å². The molecule has 4 rings (SSSR count). The molecular weight excluding hydrogens is 662 g/mol. The van der Waals surface area contributed by atoms with Crippen molar-refractivity contribution in [3.05, 3.63) is 102 Å². The number of esters is 1. The number of aliphatic hydroxyl groups is 1. The Hall–Kier alpha value is -5.23. The zero-order chi connectivity index (χ0) is 37.5. The molecule has 1 heterocycles. The maximum atomic E-state index is 14.1. The van der Waals surface area contributed by atoms with Crippen LogP contribution >= 0.6 is 0 Å². The number of benzene rings is 3. The number of fused-ring (bicyclic) bond motifs is 1. The van der Waals surface area contributed by atoms with E-state index >= 15 is 0 Å². The highest BCUT2D eigenvalue weighted by Crippen LogP contribution is 2.20. The van der Waals surface area contributed by atoms with Crippen molar-refractivity contribution in [2.45, 2.75) is 90.6 Å². The number of carbonyl (C=O) groups is 4.